The van der Waals surface area contributed by atoms with Crippen molar-refractivity contribution in [2.75, 3.05) is 11.9 Å². The smallest absolute Gasteiger partial charge is 0.269 e. The van der Waals surface area contributed by atoms with Crippen molar-refractivity contribution in [3.8, 4) is 22.6 Å². The van der Waals surface area contributed by atoms with Gasteiger partial charge < -0.3 is 20.5 Å². The third-order valence-corrected chi connectivity index (χ3v) is 4.55. The van der Waals surface area contributed by atoms with E-state index < -0.39 is 12.0 Å². The number of nitrogens with two attached hydrogens (primary N) is 1. The third kappa shape index (κ3) is 4.93. The number of para-hydroxylation sites is 2. The molecule has 0 saturated carbocycles. The van der Waals surface area contributed by atoms with Gasteiger partial charge in [-0.1, -0.05) is 24.3 Å². The van der Waals surface area contributed by atoms with E-state index in [0.717, 1.165) is 11.1 Å². The second-order valence-electron chi connectivity index (χ2n) is 6.75. The van der Waals surface area contributed by atoms with Crippen LogP contribution in [0, 0.1) is 0 Å². The minimum absolute atomic E-state index is 0.190. The van der Waals surface area contributed by atoms with Crippen molar-refractivity contribution in [2.45, 2.75) is 6.10 Å². The molecule has 0 saturated heterocycles. The van der Waals surface area contributed by atoms with Crippen LogP contribution in [-0.4, -0.2) is 44.9 Å². The monoisotopic (exact) mass is 432 g/mol. The maximum Gasteiger partial charge on any atom is 0.269 e. The van der Waals surface area contributed by atoms with Gasteiger partial charge in [-0.15, -0.1) is 0 Å². The summed E-state index contributed by atoms with van der Waals surface area (Å²) >= 11 is 0. The van der Waals surface area contributed by atoms with Gasteiger partial charge in [-0.25, -0.2) is 0 Å². The number of amides is 2. The Morgan fingerprint density at radius 1 is 1.00 bits per heavy atom. The fourth-order valence-electron chi connectivity index (χ4n) is 2.92. The second kappa shape index (κ2) is 9.47. The van der Waals surface area contributed by atoms with Gasteiger partial charge >= 0.3 is 0 Å². The summed E-state index contributed by atoms with van der Waals surface area (Å²) in [5, 5.41) is 15.5. The number of carbonyl (C=O) groups is 2. The zero-order valence-corrected chi connectivity index (χ0v) is 16.8. The summed E-state index contributed by atoms with van der Waals surface area (Å²) < 4.78 is 11.3. The van der Waals surface area contributed by atoms with Crippen molar-refractivity contribution in [2.24, 2.45) is 5.73 Å². The minimum Gasteiger partial charge on any atom is -0.485 e. The molecule has 0 fully saturated rings. The Balaban J connectivity index is 0.000000260. The lowest BCUT2D eigenvalue weighted by Gasteiger charge is -2.25. The molecule has 2 aromatic carbocycles. The quantitative estimate of drug-likeness (QED) is 0.389. The molecule has 0 radical (unpaired) electrons. The van der Waals surface area contributed by atoms with E-state index in [1.165, 1.54) is 12.3 Å². The maximum absolute atomic E-state index is 12.4. The van der Waals surface area contributed by atoms with E-state index in [9.17, 15) is 9.59 Å². The number of primary amides is 1. The van der Waals surface area contributed by atoms with Crippen LogP contribution in [0.5, 0.6) is 11.5 Å². The number of H-pyrrole nitrogens is 2. The highest BCUT2D eigenvalue weighted by Gasteiger charge is 2.27. The Labute approximate surface area is 182 Å². The van der Waals surface area contributed by atoms with Gasteiger partial charge in [0.1, 0.15) is 12.3 Å². The first-order valence-electron chi connectivity index (χ1n) is 9.68. The SMILES string of the molecule is NC(=O)c1ccn[nH]1.O=C(Nc1ccc(-c2cn[nH]c2)cc1)C1COc2ccccc2O1. The topological polar surface area (TPSA) is 148 Å². The van der Waals surface area contributed by atoms with Crippen LogP contribution < -0.4 is 20.5 Å². The molecule has 3 heterocycles. The van der Waals surface area contributed by atoms with Gasteiger partial charge in [-0.3, -0.25) is 19.8 Å². The molecule has 1 aliphatic rings. The summed E-state index contributed by atoms with van der Waals surface area (Å²) in [4.78, 5) is 22.6. The molecule has 1 atom stereocenters. The van der Waals surface area contributed by atoms with Crippen LogP contribution in [0.15, 0.2) is 73.2 Å². The van der Waals surface area contributed by atoms with E-state index in [0.29, 0.717) is 22.9 Å². The van der Waals surface area contributed by atoms with Crippen LogP contribution in [0.3, 0.4) is 0 Å². The molecule has 4 aromatic rings. The Kier molecular flexibility index (Phi) is 6.12. The van der Waals surface area contributed by atoms with Crippen LogP contribution in [0.4, 0.5) is 5.69 Å². The second-order valence-corrected chi connectivity index (χ2v) is 6.75. The zero-order chi connectivity index (χ0) is 22.3. The predicted molar refractivity (Wildman–Crippen MR) is 116 cm³/mol. The first-order chi connectivity index (χ1) is 15.6. The standard InChI is InChI=1S/C18H15N3O3.C4H5N3O/c22-18(17-11-23-15-3-1-2-4-16(15)24-17)21-14-7-5-12(6-8-14)13-9-19-20-10-13;5-4(8)3-1-2-6-7-3/h1-10,17H,11H2,(H,19,20)(H,21,22);1-2H,(H2,5,8)(H,6,7). The highest BCUT2D eigenvalue weighted by molar-refractivity contribution is 5.95. The fraction of sp³-hybridized carbons (Fsp3) is 0.0909. The predicted octanol–water partition coefficient (Wildman–Crippen LogP) is 2.36. The summed E-state index contributed by atoms with van der Waals surface area (Å²) in [6.07, 6.45) is 4.37. The van der Waals surface area contributed by atoms with Crippen LogP contribution >= 0.6 is 0 Å². The van der Waals surface area contributed by atoms with E-state index in [1.807, 2.05) is 48.7 Å². The number of rotatable bonds is 4. The van der Waals surface area contributed by atoms with Gasteiger partial charge in [-0.2, -0.15) is 10.2 Å². The Bertz CT molecular complexity index is 1170. The van der Waals surface area contributed by atoms with Crippen molar-refractivity contribution in [1.82, 2.24) is 20.4 Å². The van der Waals surface area contributed by atoms with Gasteiger partial charge in [-0.05, 0) is 35.9 Å². The molecule has 10 heteroatoms. The summed E-state index contributed by atoms with van der Waals surface area (Å²) in [5.74, 6) is 0.522. The van der Waals surface area contributed by atoms with Crippen LogP contribution in [0.1, 0.15) is 10.5 Å². The first kappa shape index (κ1) is 20.7. The zero-order valence-electron chi connectivity index (χ0n) is 16.8. The normalized spacial score (nSPS) is 14.1. The summed E-state index contributed by atoms with van der Waals surface area (Å²) in [6, 6.07) is 16.4. The fourth-order valence-corrected chi connectivity index (χ4v) is 2.92. The number of nitrogens with zero attached hydrogens (tertiary/aromatic N) is 2. The van der Waals surface area contributed by atoms with Crippen molar-refractivity contribution in [3.05, 3.63) is 78.9 Å². The number of carbonyl (C=O) groups excluding carboxylic acids is 2. The van der Waals surface area contributed by atoms with Gasteiger partial charge in [0.2, 0.25) is 6.10 Å². The molecule has 2 aromatic heterocycles. The lowest BCUT2D eigenvalue weighted by atomic mass is 10.1. The van der Waals surface area contributed by atoms with Gasteiger partial charge in [0, 0.05) is 23.6 Å². The van der Waals surface area contributed by atoms with Crippen molar-refractivity contribution < 1.29 is 19.1 Å². The van der Waals surface area contributed by atoms with Crippen LogP contribution in [-0.2, 0) is 4.79 Å². The molecular weight excluding hydrogens is 412 g/mol. The molecule has 32 heavy (non-hydrogen) atoms. The lowest BCUT2D eigenvalue weighted by Crippen LogP contribution is -2.40. The molecular formula is C22H20N6O4. The molecule has 0 bridgehead atoms. The molecule has 2 amide bonds. The highest BCUT2D eigenvalue weighted by Crippen LogP contribution is 2.31. The number of fused-ring (bicyclic) bond motifs is 1. The minimum atomic E-state index is -0.673. The van der Waals surface area contributed by atoms with Crippen molar-refractivity contribution in [1.29, 1.82) is 0 Å². The summed E-state index contributed by atoms with van der Waals surface area (Å²) in [7, 11) is 0. The molecule has 0 spiro atoms. The molecule has 5 rings (SSSR count). The number of ether oxygens (including phenoxy) is 2. The maximum atomic E-state index is 12.4. The summed E-state index contributed by atoms with van der Waals surface area (Å²) in [6.45, 7) is 0.190. The molecule has 10 nitrogen and oxygen atoms in total. The number of aromatic nitrogens is 4. The van der Waals surface area contributed by atoms with E-state index in [2.05, 4.69) is 25.7 Å². The number of nitrogens with one attached hydrogen (secondary N) is 3. The third-order valence-electron chi connectivity index (χ3n) is 4.55. The summed E-state index contributed by atoms with van der Waals surface area (Å²) in [5.41, 5.74) is 7.90. The molecule has 162 valence electrons. The number of aromatic amines is 2. The average Bonchev–Trinajstić information content (AvgIpc) is 3.54. The van der Waals surface area contributed by atoms with Gasteiger partial charge in [0.15, 0.2) is 11.5 Å². The molecule has 1 aliphatic heterocycles. The largest absolute Gasteiger partial charge is 0.485 e. The van der Waals surface area contributed by atoms with E-state index in [1.54, 1.807) is 12.3 Å². The van der Waals surface area contributed by atoms with E-state index >= 15 is 0 Å². The van der Waals surface area contributed by atoms with Gasteiger partial charge in [0.25, 0.3) is 11.8 Å². The van der Waals surface area contributed by atoms with E-state index in [-0.39, 0.29) is 12.5 Å². The number of hydrogen-bond donors (Lipinski definition) is 4. The molecule has 5 N–H and O–H groups in total. The van der Waals surface area contributed by atoms with Crippen molar-refractivity contribution >= 4 is 17.5 Å². The Hall–Kier alpha value is -4.60. The molecule has 1 unspecified atom stereocenters. The van der Waals surface area contributed by atoms with E-state index in [4.69, 9.17) is 15.2 Å². The van der Waals surface area contributed by atoms with Crippen molar-refractivity contribution in [3.63, 3.8) is 0 Å². The van der Waals surface area contributed by atoms with Crippen LogP contribution in [0.25, 0.3) is 11.1 Å². The number of hydrogen-bond acceptors (Lipinski definition) is 6. The first-order valence-corrected chi connectivity index (χ1v) is 9.68. The Morgan fingerprint density at radius 2 is 1.78 bits per heavy atom. The van der Waals surface area contributed by atoms with Gasteiger partial charge in [0.05, 0.1) is 6.20 Å². The molecule has 0 aliphatic carbocycles. The Morgan fingerprint density at radius 3 is 2.41 bits per heavy atom. The number of anilines is 1. The highest BCUT2D eigenvalue weighted by atomic mass is 16.6. The lowest BCUT2D eigenvalue weighted by molar-refractivity contribution is -0.125. The number of benzene rings is 2. The average molecular weight is 432 g/mol. The van der Waals surface area contributed by atoms with Crippen LogP contribution in [0.2, 0.25) is 0 Å².